The van der Waals surface area contributed by atoms with Crippen molar-refractivity contribution in [2.45, 2.75) is 19.5 Å². The summed E-state index contributed by atoms with van der Waals surface area (Å²) in [4.78, 5) is 15.0. The van der Waals surface area contributed by atoms with Crippen LogP contribution in [0.15, 0.2) is 23.1 Å². The van der Waals surface area contributed by atoms with Crippen LogP contribution in [0.1, 0.15) is 13.3 Å². The Morgan fingerprint density at radius 3 is 2.58 bits per heavy atom. The fraction of sp³-hybridized carbons (Fsp3) is 0.545. The Morgan fingerprint density at radius 2 is 2.16 bits per heavy atom. The first-order valence-electron chi connectivity index (χ1n) is 5.48. The number of hydroxylamine groups is 1. The minimum Gasteiger partial charge on any atom is -0.394 e. The number of hydrogen-bond acceptors (Lipinski definition) is 4. The Kier molecular flexibility index (Phi) is 8.53. The van der Waals surface area contributed by atoms with Gasteiger partial charge in [0.15, 0.2) is 0 Å². The third-order valence-corrected chi connectivity index (χ3v) is 3.11. The lowest BCUT2D eigenvalue weighted by Gasteiger charge is -2.15. The van der Waals surface area contributed by atoms with Crippen LogP contribution < -0.4 is 5.48 Å². The second-order valence-electron chi connectivity index (χ2n) is 3.30. The fourth-order valence-corrected chi connectivity index (χ4v) is 1.93. The predicted octanol–water partition coefficient (Wildman–Crippen LogP) is 2.17. The van der Waals surface area contributed by atoms with Gasteiger partial charge in [0, 0.05) is 0 Å². The number of alkyl halides is 3. The Morgan fingerprint density at radius 1 is 1.53 bits per heavy atom. The van der Waals surface area contributed by atoms with E-state index in [0.717, 1.165) is 6.08 Å². The van der Waals surface area contributed by atoms with Crippen molar-refractivity contribution in [3.63, 3.8) is 0 Å². The van der Waals surface area contributed by atoms with Gasteiger partial charge in [0.1, 0.15) is 4.91 Å². The maximum Gasteiger partial charge on any atom is 0.423 e. The molecule has 0 atom stereocenters. The molecule has 0 rings (SSSR count). The molecule has 0 aromatic heterocycles. The summed E-state index contributed by atoms with van der Waals surface area (Å²) in [6, 6.07) is 0. The molecule has 4 nitrogen and oxygen atoms in total. The molecule has 0 saturated heterocycles. The molecule has 0 heterocycles. The number of carbonyl (C=O) groups excluding carboxylic acids is 1. The zero-order chi connectivity index (χ0) is 14.9. The van der Waals surface area contributed by atoms with Crippen LogP contribution in [0.3, 0.4) is 0 Å². The lowest BCUT2D eigenvalue weighted by atomic mass is 10.2. The van der Waals surface area contributed by atoms with E-state index in [-0.39, 0.29) is 19.0 Å². The molecule has 0 radical (unpaired) electrons. The van der Waals surface area contributed by atoms with Crippen molar-refractivity contribution in [3.05, 3.63) is 23.1 Å². The normalized spacial score (nSPS) is 12.9. The smallest absolute Gasteiger partial charge is 0.394 e. The molecule has 8 heteroatoms. The highest BCUT2D eigenvalue weighted by Gasteiger charge is 2.37. The van der Waals surface area contributed by atoms with Crippen LogP contribution in [0.4, 0.5) is 13.2 Å². The number of aliphatic hydroxyl groups is 1. The van der Waals surface area contributed by atoms with E-state index in [0.29, 0.717) is 18.2 Å². The third kappa shape index (κ3) is 6.65. The first-order chi connectivity index (χ1) is 8.88. The fourth-order valence-electron chi connectivity index (χ4n) is 1.02. The maximum atomic E-state index is 12.8. The molecule has 0 aliphatic rings. The molecule has 0 bridgehead atoms. The van der Waals surface area contributed by atoms with Crippen molar-refractivity contribution >= 4 is 17.7 Å². The molecule has 0 unspecified atom stereocenters. The minimum absolute atomic E-state index is 0.209. The number of rotatable bonds is 8. The number of allylic oxidation sites excluding steroid dienone is 1. The van der Waals surface area contributed by atoms with Gasteiger partial charge in [-0.25, -0.2) is 5.48 Å². The molecule has 0 saturated carbocycles. The van der Waals surface area contributed by atoms with E-state index in [1.165, 1.54) is 0 Å². The molecular weight excluding hydrogens is 283 g/mol. The monoisotopic (exact) mass is 299 g/mol. The van der Waals surface area contributed by atoms with E-state index in [1.54, 1.807) is 6.92 Å². The second-order valence-corrected chi connectivity index (χ2v) is 4.40. The zero-order valence-electron chi connectivity index (χ0n) is 10.4. The van der Waals surface area contributed by atoms with Gasteiger partial charge in [-0.3, -0.25) is 9.63 Å². The highest BCUT2D eigenvalue weighted by molar-refractivity contribution is 8.03. The van der Waals surface area contributed by atoms with E-state index in [9.17, 15) is 18.0 Å². The summed E-state index contributed by atoms with van der Waals surface area (Å²) < 4.78 is 38.5. The molecule has 0 spiro atoms. The van der Waals surface area contributed by atoms with E-state index in [1.807, 2.05) is 5.48 Å². The topological polar surface area (TPSA) is 58.6 Å². The summed E-state index contributed by atoms with van der Waals surface area (Å²) in [5, 5.41) is 8.44. The van der Waals surface area contributed by atoms with E-state index in [4.69, 9.17) is 5.11 Å². The predicted molar refractivity (Wildman–Crippen MR) is 67.2 cm³/mol. The van der Waals surface area contributed by atoms with Crippen molar-refractivity contribution in [2.24, 2.45) is 0 Å². The number of thioether (sulfide) groups is 1. The largest absolute Gasteiger partial charge is 0.423 e. The first kappa shape index (κ1) is 18.0. The molecule has 0 aliphatic heterocycles. The van der Waals surface area contributed by atoms with Crippen LogP contribution in [0, 0.1) is 0 Å². The standard InChI is InChI=1S/C11H16F3NO3S/c1-3-7-19-9(11(12,13)14)8(4-2)10(17)15-18-6-5-16/h4,16H,2-3,5-7H2,1H3,(H,15,17)/b9-8+. The van der Waals surface area contributed by atoms with Gasteiger partial charge in [-0.2, -0.15) is 13.2 Å². The van der Waals surface area contributed by atoms with Gasteiger partial charge in [-0.05, 0) is 12.2 Å². The van der Waals surface area contributed by atoms with Crippen LogP contribution in [-0.2, 0) is 9.63 Å². The molecule has 2 N–H and O–H groups in total. The van der Waals surface area contributed by atoms with E-state index < -0.39 is 22.6 Å². The average Bonchev–Trinajstić information content (AvgIpc) is 2.33. The zero-order valence-corrected chi connectivity index (χ0v) is 11.2. The highest BCUT2D eigenvalue weighted by atomic mass is 32.2. The van der Waals surface area contributed by atoms with Crippen LogP contribution in [-0.4, -0.2) is 36.2 Å². The molecule has 110 valence electrons. The lowest BCUT2D eigenvalue weighted by molar-refractivity contribution is -0.130. The van der Waals surface area contributed by atoms with Gasteiger partial charge in [-0.1, -0.05) is 19.6 Å². The summed E-state index contributed by atoms with van der Waals surface area (Å²) in [5.41, 5.74) is 1.23. The number of nitrogens with one attached hydrogen (secondary N) is 1. The van der Waals surface area contributed by atoms with Gasteiger partial charge < -0.3 is 5.11 Å². The molecule has 1 amide bonds. The number of hydrogen-bond donors (Lipinski definition) is 2. The first-order valence-corrected chi connectivity index (χ1v) is 6.46. The van der Waals surface area contributed by atoms with Gasteiger partial charge in [0.05, 0.1) is 18.8 Å². The van der Waals surface area contributed by atoms with Crippen molar-refractivity contribution in [2.75, 3.05) is 19.0 Å². The highest BCUT2D eigenvalue weighted by Crippen LogP contribution is 2.37. The SMILES string of the molecule is C=C/C(C(=O)NOCCO)=C(\SCCC)C(F)(F)F. The van der Waals surface area contributed by atoms with Crippen molar-refractivity contribution in [1.82, 2.24) is 5.48 Å². The summed E-state index contributed by atoms with van der Waals surface area (Å²) in [5.74, 6) is -0.809. The van der Waals surface area contributed by atoms with Gasteiger partial charge in [0.25, 0.3) is 5.91 Å². The van der Waals surface area contributed by atoms with Gasteiger partial charge >= 0.3 is 6.18 Å². The summed E-state index contributed by atoms with van der Waals surface area (Å²) >= 11 is 0.546. The minimum atomic E-state index is -4.63. The van der Waals surface area contributed by atoms with Crippen molar-refractivity contribution in [1.29, 1.82) is 0 Å². The Hall–Kier alpha value is -0.990. The molecule has 0 aromatic rings. The van der Waals surface area contributed by atoms with E-state index >= 15 is 0 Å². The Bertz CT molecular complexity index is 343. The average molecular weight is 299 g/mol. The van der Waals surface area contributed by atoms with Gasteiger partial charge in [0.2, 0.25) is 0 Å². The molecule has 0 aliphatic carbocycles. The van der Waals surface area contributed by atoms with Crippen LogP contribution in [0.2, 0.25) is 0 Å². The second kappa shape index (κ2) is 9.00. The lowest BCUT2D eigenvalue weighted by Crippen LogP contribution is -2.28. The molecular formula is C11H16F3NO3S. The maximum absolute atomic E-state index is 12.8. The molecule has 19 heavy (non-hydrogen) atoms. The quantitative estimate of drug-likeness (QED) is 0.312. The van der Waals surface area contributed by atoms with Crippen LogP contribution >= 0.6 is 11.8 Å². The number of amides is 1. The summed E-state index contributed by atoms with van der Waals surface area (Å²) in [6.07, 6.45) is -3.25. The van der Waals surface area contributed by atoms with Crippen molar-refractivity contribution < 1.29 is 27.9 Å². The van der Waals surface area contributed by atoms with Gasteiger partial charge in [-0.15, -0.1) is 11.8 Å². The Labute approximate surface area is 113 Å². The van der Waals surface area contributed by atoms with Crippen molar-refractivity contribution in [3.8, 4) is 0 Å². The summed E-state index contributed by atoms with van der Waals surface area (Å²) in [7, 11) is 0. The third-order valence-electron chi connectivity index (χ3n) is 1.76. The molecule has 0 aromatic carbocycles. The number of halogens is 3. The summed E-state index contributed by atoms with van der Waals surface area (Å²) in [6.45, 7) is 4.39. The molecule has 0 fully saturated rings. The number of aliphatic hydroxyl groups excluding tert-OH is 1. The van der Waals surface area contributed by atoms with Crippen LogP contribution in [0.25, 0.3) is 0 Å². The van der Waals surface area contributed by atoms with Crippen LogP contribution in [0.5, 0.6) is 0 Å². The van der Waals surface area contributed by atoms with E-state index in [2.05, 4.69) is 11.4 Å². The Balaban J connectivity index is 5.09. The number of carbonyl (C=O) groups is 1.